The van der Waals surface area contributed by atoms with Crippen LogP contribution in [-0.4, -0.2) is 43.2 Å². The molecule has 3 heteroatoms. The molecule has 0 amide bonds. The zero-order valence-corrected chi connectivity index (χ0v) is 12.8. The van der Waals surface area contributed by atoms with Crippen LogP contribution in [0, 0.1) is 5.92 Å². The summed E-state index contributed by atoms with van der Waals surface area (Å²) in [6.45, 7) is 4.80. The van der Waals surface area contributed by atoms with Gasteiger partial charge >= 0.3 is 0 Å². The Morgan fingerprint density at radius 2 is 2.00 bits per heavy atom. The van der Waals surface area contributed by atoms with Crippen LogP contribution in [0.2, 0.25) is 0 Å². The topological polar surface area (TPSA) is 24.5 Å². The minimum absolute atomic E-state index is 0.365. The van der Waals surface area contributed by atoms with Crippen molar-refractivity contribution in [2.24, 2.45) is 5.92 Å². The first kappa shape index (κ1) is 13.6. The average Bonchev–Trinajstić information content (AvgIpc) is 3.14. The van der Waals surface area contributed by atoms with Crippen LogP contribution in [0.25, 0.3) is 0 Å². The zero-order valence-electron chi connectivity index (χ0n) is 12.8. The Hall–Kier alpha value is -1.06. The summed E-state index contributed by atoms with van der Waals surface area (Å²) in [5.74, 6) is 2.01. The Morgan fingerprint density at radius 1 is 1.14 bits per heavy atom. The molecule has 114 valence electrons. The number of hydrogen-bond donors (Lipinski definition) is 1. The fraction of sp³-hybridized carbons (Fsp3) is 0.667. The third-order valence-electron chi connectivity index (χ3n) is 5.49. The third kappa shape index (κ3) is 2.82. The number of para-hydroxylation sites is 1. The lowest BCUT2D eigenvalue weighted by Crippen LogP contribution is -2.44. The Bertz CT molecular complexity index is 459. The minimum Gasteiger partial charge on any atom is -0.488 e. The predicted molar refractivity (Wildman–Crippen MR) is 84.8 cm³/mol. The van der Waals surface area contributed by atoms with E-state index in [-0.39, 0.29) is 0 Å². The van der Waals surface area contributed by atoms with Crippen LogP contribution in [0.4, 0.5) is 0 Å². The van der Waals surface area contributed by atoms with E-state index in [1.807, 2.05) is 0 Å². The lowest BCUT2D eigenvalue weighted by Gasteiger charge is -2.35. The molecule has 2 fully saturated rings. The van der Waals surface area contributed by atoms with Crippen molar-refractivity contribution in [1.29, 1.82) is 0 Å². The number of rotatable bonds is 3. The fourth-order valence-electron chi connectivity index (χ4n) is 4.46. The van der Waals surface area contributed by atoms with E-state index in [1.54, 1.807) is 0 Å². The van der Waals surface area contributed by atoms with E-state index in [2.05, 4.69) is 34.5 Å². The molecule has 2 saturated heterocycles. The van der Waals surface area contributed by atoms with Gasteiger partial charge in [0.25, 0.3) is 0 Å². The highest BCUT2D eigenvalue weighted by molar-refractivity contribution is 5.37. The van der Waals surface area contributed by atoms with Gasteiger partial charge in [-0.25, -0.2) is 0 Å². The van der Waals surface area contributed by atoms with Crippen LogP contribution in [0.15, 0.2) is 24.3 Å². The largest absolute Gasteiger partial charge is 0.488 e. The summed E-state index contributed by atoms with van der Waals surface area (Å²) in [5, 5.41) is 3.49. The van der Waals surface area contributed by atoms with Crippen LogP contribution in [0.1, 0.15) is 31.2 Å². The summed E-state index contributed by atoms with van der Waals surface area (Å²) in [6.07, 6.45) is 6.93. The summed E-state index contributed by atoms with van der Waals surface area (Å²) >= 11 is 0. The van der Waals surface area contributed by atoms with Gasteiger partial charge in [0, 0.05) is 19.0 Å². The summed E-state index contributed by atoms with van der Waals surface area (Å²) in [6, 6.07) is 9.33. The van der Waals surface area contributed by atoms with Gasteiger partial charge in [-0.05, 0) is 62.9 Å². The SMILES string of the molecule is c1ccc2c(c1)CC(CN1CCCC1C1CCNCC1)O2. The second-order valence-electron chi connectivity index (χ2n) is 6.84. The van der Waals surface area contributed by atoms with Gasteiger partial charge in [0.1, 0.15) is 11.9 Å². The van der Waals surface area contributed by atoms with Crippen LogP contribution in [-0.2, 0) is 6.42 Å². The maximum atomic E-state index is 6.15. The predicted octanol–water partition coefficient (Wildman–Crippen LogP) is 2.45. The molecule has 3 aliphatic heterocycles. The number of ether oxygens (including phenoxy) is 1. The first-order valence-corrected chi connectivity index (χ1v) is 8.59. The highest BCUT2D eigenvalue weighted by Gasteiger charge is 2.35. The molecule has 0 bridgehead atoms. The maximum Gasteiger partial charge on any atom is 0.123 e. The second-order valence-corrected chi connectivity index (χ2v) is 6.84. The number of likely N-dealkylation sites (tertiary alicyclic amines) is 1. The number of nitrogens with zero attached hydrogens (tertiary/aromatic N) is 1. The monoisotopic (exact) mass is 286 g/mol. The van der Waals surface area contributed by atoms with E-state index < -0.39 is 0 Å². The number of fused-ring (bicyclic) bond motifs is 1. The van der Waals surface area contributed by atoms with Crippen molar-refractivity contribution in [1.82, 2.24) is 10.2 Å². The van der Waals surface area contributed by atoms with Gasteiger partial charge in [-0.2, -0.15) is 0 Å². The van der Waals surface area contributed by atoms with E-state index in [0.29, 0.717) is 6.10 Å². The fourth-order valence-corrected chi connectivity index (χ4v) is 4.46. The molecule has 21 heavy (non-hydrogen) atoms. The molecule has 3 heterocycles. The minimum atomic E-state index is 0.365. The Labute approximate surface area is 127 Å². The van der Waals surface area contributed by atoms with Crippen molar-refractivity contribution in [2.75, 3.05) is 26.2 Å². The van der Waals surface area contributed by atoms with E-state index >= 15 is 0 Å². The molecule has 0 aliphatic carbocycles. The number of benzene rings is 1. The highest BCUT2D eigenvalue weighted by Crippen LogP contribution is 2.33. The van der Waals surface area contributed by atoms with Gasteiger partial charge in [-0.1, -0.05) is 18.2 Å². The molecule has 0 spiro atoms. The Morgan fingerprint density at radius 3 is 2.86 bits per heavy atom. The normalized spacial score (nSPS) is 30.3. The molecular formula is C18H26N2O. The van der Waals surface area contributed by atoms with Crippen LogP contribution < -0.4 is 10.1 Å². The molecule has 3 aliphatic rings. The lowest BCUT2D eigenvalue weighted by molar-refractivity contribution is 0.106. The van der Waals surface area contributed by atoms with Crippen molar-refractivity contribution in [2.45, 2.75) is 44.2 Å². The molecule has 4 rings (SSSR count). The molecule has 2 atom stereocenters. The zero-order chi connectivity index (χ0) is 14.1. The molecule has 0 aromatic heterocycles. The number of piperidine rings is 1. The molecule has 0 saturated carbocycles. The average molecular weight is 286 g/mol. The molecule has 1 aromatic rings. The van der Waals surface area contributed by atoms with Crippen LogP contribution >= 0.6 is 0 Å². The molecular weight excluding hydrogens is 260 g/mol. The van der Waals surface area contributed by atoms with Gasteiger partial charge < -0.3 is 10.1 Å². The maximum absolute atomic E-state index is 6.15. The van der Waals surface area contributed by atoms with Crippen molar-refractivity contribution in [3.8, 4) is 5.75 Å². The molecule has 1 N–H and O–H groups in total. The second kappa shape index (κ2) is 5.98. The van der Waals surface area contributed by atoms with Gasteiger partial charge in [0.05, 0.1) is 0 Å². The first-order valence-electron chi connectivity index (χ1n) is 8.59. The third-order valence-corrected chi connectivity index (χ3v) is 5.49. The first-order chi connectivity index (χ1) is 10.4. The Kier molecular flexibility index (Phi) is 3.87. The van der Waals surface area contributed by atoms with E-state index in [0.717, 1.165) is 30.7 Å². The highest BCUT2D eigenvalue weighted by atomic mass is 16.5. The molecule has 2 unspecified atom stereocenters. The summed E-state index contributed by atoms with van der Waals surface area (Å²) in [7, 11) is 0. The lowest BCUT2D eigenvalue weighted by atomic mass is 9.88. The molecule has 1 aromatic carbocycles. The van der Waals surface area contributed by atoms with Gasteiger partial charge in [-0.15, -0.1) is 0 Å². The van der Waals surface area contributed by atoms with Gasteiger partial charge in [0.15, 0.2) is 0 Å². The van der Waals surface area contributed by atoms with Gasteiger partial charge in [0.2, 0.25) is 0 Å². The summed E-state index contributed by atoms with van der Waals surface area (Å²) in [5.41, 5.74) is 1.39. The molecule has 3 nitrogen and oxygen atoms in total. The van der Waals surface area contributed by atoms with E-state index in [1.165, 1.54) is 50.9 Å². The summed E-state index contributed by atoms with van der Waals surface area (Å²) < 4.78 is 6.15. The smallest absolute Gasteiger partial charge is 0.123 e. The molecule has 0 radical (unpaired) electrons. The number of nitrogens with one attached hydrogen (secondary N) is 1. The van der Waals surface area contributed by atoms with Crippen LogP contribution in [0.5, 0.6) is 5.75 Å². The van der Waals surface area contributed by atoms with Crippen molar-refractivity contribution in [3.05, 3.63) is 29.8 Å². The number of hydrogen-bond acceptors (Lipinski definition) is 3. The van der Waals surface area contributed by atoms with Crippen molar-refractivity contribution < 1.29 is 4.74 Å². The van der Waals surface area contributed by atoms with Gasteiger partial charge in [-0.3, -0.25) is 4.90 Å². The Balaban J connectivity index is 1.38. The van der Waals surface area contributed by atoms with E-state index in [4.69, 9.17) is 4.74 Å². The standard InChI is InChI=1S/C18H26N2O/c1-2-6-18-15(4-1)12-16(21-18)13-20-11-3-5-17(20)14-7-9-19-10-8-14/h1-2,4,6,14,16-17,19H,3,5,7-13H2. The summed E-state index contributed by atoms with van der Waals surface area (Å²) in [4.78, 5) is 2.73. The quantitative estimate of drug-likeness (QED) is 0.924. The van der Waals surface area contributed by atoms with Crippen molar-refractivity contribution in [3.63, 3.8) is 0 Å². The van der Waals surface area contributed by atoms with E-state index in [9.17, 15) is 0 Å². The van der Waals surface area contributed by atoms with Crippen LogP contribution in [0.3, 0.4) is 0 Å². The van der Waals surface area contributed by atoms with Crippen molar-refractivity contribution >= 4 is 0 Å².